The van der Waals surface area contributed by atoms with Gasteiger partial charge in [-0.05, 0) is 50.2 Å². The second-order valence-corrected chi connectivity index (χ2v) is 6.73. The van der Waals surface area contributed by atoms with Gasteiger partial charge in [-0.3, -0.25) is 0 Å². The molecule has 1 aromatic carbocycles. The Morgan fingerprint density at radius 1 is 1.20 bits per heavy atom. The van der Waals surface area contributed by atoms with E-state index in [1.165, 1.54) is 12.1 Å². The van der Waals surface area contributed by atoms with E-state index in [4.69, 9.17) is 4.42 Å². The van der Waals surface area contributed by atoms with Gasteiger partial charge < -0.3 is 4.42 Å². The standard InChI is InChI=1S/C13H13BrN2O3S/c1-9-3-8-13(19-9)10(2)15-16-20(17,18)12-6-4-11(14)5-7-12/h3-8,16H,1-2H3/b15-10+. The number of hydrazone groups is 1. The first-order valence-electron chi connectivity index (χ1n) is 5.77. The number of nitrogens with zero attached hydrogens (tertiary/aromatic N) is 1. The van der Waals surface area contributed by atoms with E-state index in [-0.39, 0.29) is 4.90 Å². The summed E-state index contributed by atoms with van der Waals surface area (Å²) in [5.41, 5.74) is 0.457. The van der Waals surface area contributed by atoms with Crippen molar-refractivity contribution in [3.05, 3.63) is 52.4 Å². The van der Waals surface area contributed by atoms with Gasteiger partial charge >= 0.3 is 0 Å². The van der Waals surface area contributed by atoms with Gasteiger partial charge in [0.15, 0.2) is 0 Å². The SMILES string of the molecule is C/C(=N\NS(=O)(=O)c1ccc(Br)cc1)c1ccc(C)o1. The van der Waals surface area contributed by atoms with E-state index in [1.54, 1.807) is 31.2 Å². The molecule has 1 aromatic heterocycles. The maximum atomic E-state index is 12.0. The van der Waals surface area contributed by atoms with Gasteiger partial charge in [0.2, 0.25) is 0 Å². The molecule has 0 unspecified atom stereocenters. The van der Waals surface area contributed by atoms with Crippen LogP contribution in [0.5, 0.6) is 0 Å². The van der Waals surface area contributed by atoms with Gasteiger partial charge in [0.05, 0.1) is 4.90 Å². The Hall–Kier alpha value is -1.60. The van der Waals surface area contributed by atoms with Crippen molar-refractivity contribution < 1.29 is 12.8 Å². The molecule has 0 atom stereocenters. The molecule has 20 heavy (non-hydrogen) atoms. The highest BCUT2D eigenvalue weighted by Gasteiger charge is 2.13. The van der Waals surface area contributed by atoms with Gasteiger partial charge in [-0.25, -0.2) is 0 Å². The van der Waals surface area contributed by atoms with Crippen molar-refractivity contribution in [2.75, 3.05) is 0 Å². The highest BCUT2D eigenvalue weighted by molar-refractivity contribution is 9.10. The summed E-state index contributed by atoms with van der Waals surface area (Å²) in [6.07, 6.45) is 0. The molecule has 0 spiro atoms. The summed E-state index contributed by atoms with van der Waals surface area (Å²) in [4.78, 5) is 2.33. The largest absolute Gasteiger partial charge is 0.460 e. The molecule has 0 fully saturated rings. The summed E-state index contributed by atoms with van der Waals surface area (Å²) < 4.78 is 30.2. The minimum absolute atomic E-state index is 0.146. The lowest BCUT2D eigenvalue weighted by Gasteiger charge is -2.04. The smallest absolute Gasteiger partial charge is 0.276 e. The molecule has 1 N–H and O–H groups in total. The second-order valence-electron chi connectivity index (χ2n) is 4.16. The summed E-state index contributed by atoms with van der Waals surface area (Å²) in [5, 5.41) is 3.85. The number of furan rings is 1. The summed E-state index contributed by atoms with van der Waals surface area (Å²) in [5.74, 6) is 1.27. The van der Waals surface area contributed by atoms with Gasteiger partial charge in [0, 0.05) is 4.47 Å². The third kappa shape index (κ3) is 3.49. The van der Waals surface area contributed by atoms with Crippen LogP contribution < -0.4 is 4.83 Å². The fraction of sp³-hybridized carbons (Fsp3) is 0.154. The van der Waals surface area contributed by atoms with Crippen LogP contribution in [0.3, 0.4) is 0 Å². The first kappa shape index (κ1) is 14.8. The van der Waals surface area contributed by atoms with Crippen molar-refractivity contribution in [2.45, 2.75) is 18.7 Å². The quantitative estimate of drug-likeness (QED) is 0.675. The van der Waals surface area contributed by atoms with Crippen molar-refractivity contribution in [3.63, 3.8) is 0 Å². The zero-order valence-electron chi connectivity index (χ0n) is 10.9. The predicted molar refractivity (Wildman–Crippen MR) is 80.1 cm³/mol. The second kappa shape index (κ2) is 5.80. The molecule has 0 saturated heterocycles. The highest BCUT2D eigenvalue weighted by atomic mass is 79.9. The maximum Gasteiger partial charge on any atom is 0.276 e. The van der Waals surface area contributed by atoms with E-state index in [0.717, 1.165) is 10.2 Å². The topological polar surface area (TPSA) is 71.7 Å². The Morgan fingerprint density at radius 2 is 1.85 bits per heavy atom. The Balaban J connectivity index is 2.18. The number of halogens is 1. The van der Waals surface area contributed by atoms with Crippen molar-refractivity contribution in [2.24, 2.45) is 5.10 Å². The molecule has 0 aliphatic heterocycles. The third-order valence-corrected chi connectivity index (χ3v) is 4.31. The van der Waals surface area contributed by atoms with Gasteiger partial charge in [-0.1, -0.05) is 15.9 Å². The molecule has 2 aromatic rings. The fourth-order valence-corrected chi connectivity index (χ4v) is 2.60. The van der Waals surface area contributed by atoms with E-state index in [9.17, 15) is 8.42 Å². The monoisotopic (exact) mass is 356 g/mol. The zero-order chi connectivity index (χ0) is 14.8. The molecule has 0 amide bonds. The number of rotatable bonds is 4. The molecule has 0 aliphatic carbocycles. The lowest BCUT2D eigenvalue weighted by molar-refractivity contribution is 0.524. The van der Waals surface area contributed by atoms with Gasteiger partial charge in [-0.15, -0.1) is 0 Å². The number of nitrogens with one attached hydrogen (secondary N) is 1. The van der Waals surface area contributed by atoms with Gasteiger partial charge in [-0.2, -0.15) is 18.4 Å². The fourth-order valence-electron chi connectivity index (χ4n) is 1.48. The minimum Gasteiger partial charge on any atom is -0.460 e. The normalized spacial score (nSPS) is 12.4. The third-order valence-electron chi connectivity index (χ3n) is 2.55. The lowest BCUT2D eigenvalue weighted by atomic mass is 10.3. The molecule has 0 radical (unpaired) electrons. The van der Waals surface area contributed by atoms with E-state index in [0.29, 0.717) is 11.5 Å². The van der Waals surface area contributed by atoms with Gasteiger partial charge in [0.25, 0.3) is 10.0 Å². The number of sulfonamides is 1. The molecule has 106 valence electrons. The molecule has 0 saturated carbocycles. The number of hydrogen-bond acceptors (Lipinski definition) is 4. The average molecular weight is 357 g/mol. The summed E-state index contributed by atoms with van der Waals surface area (Å²) in [7, 11) is -3.67. The first-order chi connectivity index (χ1) is 9.38. The summed E-state index contributed by atoms with van der Waals surface area (Å²) in [6, 6.07) is 9.82. The van der Waals surface area contributed by atoms with Crippen LogP contribution >= 0.6 is 15.9 Å². The number of benzene rings is 1. The lowest BCUT2D eigenvalue weighted by Crippen LogP contribution is -2.19. The Bertz CT molecular complexity index is 733. The number of aryl methyl sites for hydroxylation is 1. The van der Waals surface area contributed by atoms with Crippen LogP contribution in [0.2, 0.25) is 0 Å². The Morgan fingerprint density at radius 3 is 2.40 bits per heavy atom. The first-order valence-corrected chi connectivity index (χ1v) is 8.04. The van der Waals surface area contributed by atoms with Crippen LogP contribution in [-0.4, -0.2) is 14.1 Å². The highest BCUT2D eigenvalue weighted by Crippen LogP contribution is 2.14. The van der Waals surface area contributed by atoms with E-state index in [2.05, 4.69) is 25.9 Å². The van der Waals surface area contributed by atoms with E-state index >= 15 is 0 Å². The average Bonchev–Trinajstić information content (AvgIpc) is 2.83. The van der Waals surface area contributed by atoms with E-state index in [1.807, 2.05) is 6.92 Å². The van der Waals surface area contributed by atoms with Crippen LogP contribution in [0.4, 0.5) is 0 Å². The summed E-state index contributed by atoms with van der Waals surface area (Å²) in [6.45, 7) is 3.48. The number of hydrogen-bond donors (Lipinski definition) is 1. The minimum atomic E-state index is -3.67. The maximum absolute atomic E-state index is 12.0. The zero-order valence-corrected chi connectivity index (χ0v) is 13.3. The van der Waals surface area contributed by atoms with Crippen LogP contribution in [-0.2, 0) is 10.0 Å². The molecule has 2 rings (SSSR count). The molecule has 5 nitrogen and oxygen atoms in total. The predicted octanol–water partition coefficient (Wildman–Crippen LogP) is 3.05. The molecular weight excluding hydrogens is 344 g/mol. The van der Waals surface area contributed by atoms with Crippen molar-refractivity contribution >= 4 is 31.7 Å². The molecule has 7 heteroatoms. The van der Waals surface area contributed by atoms with Crippen LogP contribution in [0.1, 0.15) is 18.4 Å². The molecule has 0 aliphatic rings. The molecule has 1 heterocycles. The van der Waals surface area contributed by atoms with Crippen LogP contribution in [0.15, 0.2) is 55.3 Å². The van der Waals surface area contributed by atoms with E-state index < -0.39 is 10.0 Å². The Labute approximate surface area is 125 Å². The van der Waals surface area contributed by atoms with Crippen molar-refractivity contribution in [1.29, 1.82) is 0 Å². The molecule has 0 bridgehead atoms. The molecular formula is C13H13BrN2O3S. The van der Waals surface area contributed by atoms with Crippen molar-refractivity contribution in [3.8, 4) is 0 Å². The van der Waals surface area contributed by atoms with Crippen LogP contribution in [0.25, 0.3) is 0 Å². The van der Waals surface area contributed by atoms with Gasteiger partial charge in [0.1, 0.15) is 17.2 Å². The summed E-state index contributed by atoms with van der Waals surface area (Å²) >= 11 is 3.25. The van der Waals surface area contributed by atoms with Crippen molar-refractivity contribution in [1.82, 2.24) is 4.83 Å². The Kier molecular flexibility index (Phi) is 4.29. The van der Waals surface area contributed by atoms with Crippen LogP contribution in [0, 0.1) is 6.92 Å².